The van der Waals surface area contributed by atoms with Crippen molar-refractivity contribution in [1.82, 2.24) is 4.90 Å². The molecular formula is C12H15BrN2O2. The number of nitrogens with zero attached hydrogens (tertiary/aromatic N) is 1. The van der Waals surface area contributed by atoms with Crippen molar-refractivity contribution in [1.29, 1.82) is 0 Å². The summed E-state index contributed by atoms with van der Waals surface area (Å²) < 4.78 is 6.23. The van der Waals surface area contributed by atoms with Gasteiger partial charge in [-0.1, -0.05) is 28.1 Å². The van der Waals surface area contributed by atoms with Crippen molar-refractivity contribution in [3.05, 3.63) is 34.3 Å². The maximum atomic E-state index is 11.6. The van der Waals surface area contributed by atoms with Gasteiger partial charge in [0.15, 0.2) is 0 Å². The molecule has 92 valence electrons. The molecule has 2 rings (SSSR count). The zero-order chi connectivity index (χ0) is 12.3. The van der Waals surface area contributed by atoms with E-state index < -0.39 is 0 Å². The summed E-state index contributed by atoms with van der Waals surface area (Å²) in [5, 5.41) is 0. The Hall–Kier alpha value is -1.07. The van der Waals surface area contributed by atoms with Gasteiger partial charge >= 0.3 is 6.09 Å². The van der Waals surface area contributed by atoms with Crippen LogP contribution >= 0.6 is 15.9 Å². The second-order valence-electron chi connectivity index (χ2n) is 4.09. The zero-order valence-corrected chi connectivity index (χ0v) is 11.0. The molecule has 1 atom stereocenters. The molecule has 1 aromatic rings. The normalized spacial score (nSPS) is 19.5. The van der Waals surface area contributed by atoms with Crippen LogP contribution in [0.4, 0.5) is 4.79 Å². The number of hydrogen-bond acceptors (Lipinski definition) is 3. The molecule has 1 saturated heterocycles. The number of rotatable bonds is 4. The maximum Gasteiger partial charge on any atom is 0.410 e. The number of carbonyl (C=O) groups excluding carboxylic acids is 1. The summed E-state index contributed by atoms with van der Waals surface area (Å²) in [7, 11) is 0. The summed E-state index contributed by atoms with van der Waals surface area (Å²) in [6.45, 7) is 1.75. The van der Waals surface area contributed by atoms with Crippen LogP contribution in [0.3, 0.4) is 0 Å². The number of nitrogens with two attached hydrogens (primary N) is 1. The van der Waals surface area contributed by atoms with Gasteiger partial charge in [0.05, 0.1) is 6.54 Å². The third-order valence-electron chi connectivity index (χ3n) is 2.70. The summed E-state index contributed by atoms with van der Waals surface area (Å²) in [5.41, 5.74) is 6.54. The Kier molecular flexibility index (Phi) is 4.02. The molecule has 0 aromatic heterocycles. The monoisotopic (exact) mass is 298 g/mol. The van der Waals surface area contributed by atoms with Crippen LogP contribution in [0, 0.1) is 0 Å². The molecule has 5 heteroatoms. The van der Waals surface area contributed by atoms with Gasteiger partial charge in [0.2, 0.25) is 0 Å². The van der Waals surface area contributed by atoms with E-state index in [9.17, 15) is 4.79 Å². The average molecular weight is 299 g/mol. The first kappa shape index (κ1) is 12.4. The van der Waals surface area contributed by atoms with E-state index in [0.29, 0.717) is 19.6 Å². The van der Waals surface area contributed by atoms with Gasteiger partial charge in [0, 0.05) is 11.0 Å². The van der Waals surface area contributed by atoms with Crippen LogP contribution in [-0.2, 0) is 11.3 Å². The molecule has 4 nitrogen and oxygen atoms in total. The number of benzene rings is 1. The molecule has 0 radical (unpaired) electrons. The smallest absolute Gasteiger partial charge is 0.410 e. The largest absolute Gasteiger partial charge is 0.444 e. The molecule has 1 aliphatic rings. The fourth-order valence-electron chi connectivity index (χ4n) is 1.90. The first-order valence-corrected chi connectivity index (χ1v) is 6.38. The molecular weight excluding hydrogens is 284 g/mol. The molecule has 1 aromatic carbocycles. The Morgan fingerprint density at radius 2 is 2.35 bits per heavy atom. The predicted molar refractivity (Wildman–Crippen MR) is 68.5 cm³/mol. The van der Waals surface area contributed by atoms with Crippen molar-refractivity contribution >= 4 is 22.0 Å². The molecule has 1 amide bonds. The highest BCUT2D eigenvalue weighted by Gasteiger charge is 2.30. The van der Waals surface area contributed by atoms with Crippen molar-refractivity contribution in [2.45, 2.75) is 19.1 Å². The number of carbonyl (C=O) groups is 1. The summed E-state index contributed by atoms with van der Waals surface area (Å²) in [4.78, 5) is 13.3. The van der Waals surface area contributed by atoms with Crippen molar-refractivity contribution in [2.24, 2.45) is 5.73 Å². The van der Waals surface area contributed by atoms with Gasteiger partial charge in [0.25, 0.3) is 0 Å². The topological polar surface area (TPSA) is 55.6 Å². The van der Waals surface area contributed by atoms with Gasteiger partial charge in [-0.2, -0.15) is 0 Å². The van der Waals surface area contributed by atoms with Gasteiger partial charge in [-0.25, -0.2) is 4.79 Å². The van der Waals surface area contributed by atoms with Crippen LogP contribution in [0.15, 0.2) is 28.7 Å². The molecule has 0 spiro atoms. The Labute approximate surface area is 109 Å². The van der Waals surface area contributed by atoms with E-state index in [1.54, 1.807) is 4.90 Å². The molecule has 1 aliphatic heterocycles. The third-order valence-corrected chi connectivity index (χ3v) is 3.19. The molecule has 1 heterocycles. The van der Waals surface area contributed by atoms with Gasteiger partial charge in [0.1, 0.15) is 6.10 Å². The Morgan fingerprint density at radius 1 is 1.53 bits per heavy atom. The lowest BCUT2D eigenvalue weighted by molar-refractivity contribution is 0.129. The van der Waals surface area contributed by atoms with E-state index in [2.05, 4.69) is 15.9 Å². The lowest BCUT2D eigenvalue weighted by atomic mass is 10.2. The average Bonchev–Trinajstić information content (AvgIpc) is 2.60. The lowest BCUT2D eigenvalue weighted by Gasteiger charge is -2.12. The van der Waals surface area contributed by atoms with E-state index in [1.165, 1.54) is 0 Å². The molecule has 17 heavy (non-hydrogen) atoms. The van der Waals surface area contributed by atoms with E-state index in [0.717, 1.165) is 16.5 Å². The number of halogens is 1. The lowest BCUT2D eigenvalue weighted by Crippen LogP contribution is -2.25. The molecule has 1 unspecified atom stereocenters. The second-order valence-corrected chi connectivity index (χ2v) is 5.01. The molecule has 0 bridgehead atoms. The summed E-state index contributed by atoms with van der Waals surface area (Å²) >= 11 is 3.41. The van der Waals surface area contributed by atoms with Crippen LogP contribution in [0.5, 0.6) is 0 Å². The van der Waals surface area contributed by atoms with E-state index in [-0.39, 0.29) is 12.2 Å². The van der Waals surface area contributed by atoms with E-state index >= 15 is 0 Å². The Morgan fingerprint density at radius 3 is 3.06 bits per heavy atom. The molecule has 0 saturated carbocycles. The SMILES string of the molecule is NCCC1CN(Cc2cccc(Br)c2)C(=O)O1. The van der Waals surface area contributed by atoms with Gasteiger partial charge in [-0.05, 0) is 30.7 Å². The third kappa shape index (κ3) is 3.20. The van der Waals surface area contributed by atoms with Gasteiger partial charge < -0.3 is 15.4 Å². The van der Waals surface area contributed by atoms with Crippen molar-refractivity contribution in [2.75, 3.05) is 13.1 Å². The van der Waals surface area contributed by atoms with Gasteiger partial charge in [-0.3, -0.25) is 0 Å². The fraction of sp³-hybridized carbons (Fsp3) is 0.417. The first-order valence-electron chi connectivity index (χ1n) is 5.59. The minimum atomic E-state index is -0.247. The number of hydrogen-bond donors (Lipinski definition) is 1. The minimum Gasteiger partial charge on any atom is -0.444 e. The Bertz CT molecular complexity index is 411. The second kappa shape index (κ2) is 5.51. The fourth-order valence-corrected chi connectivity index (χ4v) is 2.34. The van der Waals surface area contributed by atoms with Crippen LogP contribution in [0.2, 0.25) is 0 Å². The first-order chi connectivity index (χ1) is 8.19. The van der Waals surface area contributed by atoms with Crippen LogP contribution < -0.4 is 5.73 Å². The van der Waals surface area contributed by atoms with Crippen molar-refractivity contribution in [3.8, 4) is 0 Å². The van der Waals surface area contributed by atoms with Crippen molar-refractivity contribution < 1.29 is 9.53 Å². The number of cyclic esters (lactones) is 1. The highest BCUT2D eigenvalue weighted by molar-refractivity contribution is 9.10. The minimum absolute atomic E-state index is 0.0559. The highest BCUT2D eigenvalue weighted by Crippen LogP contribution is 2.18. The highest BCUT2D eigenvalue weighted by atomic mass is 79.9. The quantitative estimate of drug-likeness (QED) is 0.926. The summed E-state index contributed by atoms with van der Waals surface area (Å²) in [5.74, 6) is 0. The van der Waals surface area contributed by atoms with E-state index in [4.69, 9.17) is 10.5 Å². The summed E-state index contributed by atoms with van der Waals surface area (Å²) in [6.07, 6.45) is 0.420. The van der Waals surface area contributed by atoms with Gasteiger partial charge in [-0.15, -0.1) is 0 Å². The Balaban J connectivity index is 1.98. The standard InChI is InChI=1S/C12H15BrN2O2/c13-10-3-1-2-9(6-10)7-15-8-11(4-5-14)17-12(15)16/h1-3,6,11H,4-5,7-8,14H2. The van der Waals surface area contributed by atoms with Crippen molar-refractivity contribution in [3.63, 3.8) is 0 Å². The molecule has 1 fully saturated rings. The zero-order valence-electron chi connectivity index (χ0n) is 9.43. The molecule has 0 aliphatic carbocycles. The number of amides is 1. The maximum absolute atomic E-state index is 11.6. The summed E-state index contributed by atoms with van der Waals surface area (Å²) in [6, 6.07) is 7.92. The predicted octanol–water partition coefficient (Wildman–Crippen LogP) is 2.12. The van der Waals surface area contributed by atoms with Crippen LogP contribution in [0.1, 0.15) is 12.0 Å². The van der Waals surface area contributed by atoms with Crippen LogP contribution in [0.25, 0.3) is 0 Å². The molecule has 2 N–H and O–H groups in total. The number of ether oxygens (including phenoxy) is 1. The van der Waals surface area contributed by atoms with Crippen LogP contribution in [-0.4, -0.2) is 30.2 Å². The van der Waals surface area contributed by atoms with E-state index in [1.807, 2.05) is 24.3 Å².